The largest absolute Gasteiger partial charge is 0.392 e. The van der Waals surface area contributed by atoms with Gasteiger partial charge >= 0.3 is 6.41 Å². The van der Waals surface area contributed by atoms with Crippen LogP contribution in [0.4, 0.5) is 0 Å². The number of aliphatic hydroxyl groups excluding tert-OH is 1. The van der Waals surface area contributed by atoms with Crippen LogP contribution in [0.5, 0.6) is 0 Å². The van der Waals surface area contributed by atoms with E-state index in [1.54, 1.807) is 6.92 Å². The van der Waals surface area contributed by atoms with Crippen LogP contribution >= 0.6 is 0 Å². The first kappa shape index (κ1) is 6.43. The van der Waals surface area contributed by atoms with Crippen LogP contribution in [0.25, 0.3) is 0 Å². The van der Waals surface area contributed by atoms with E-state index in [1.165, 1.54) is 6.41 Å². The van der Waals surface area contributed by atoms with Crippen LogP contribution in [0.3, 0.4) is 0 Å². The summed E-state index contributed by atoms with van der Waals surface area (Å²) in [5, 5.41) is 10.6. The van der Waals surface area contributed by atoms with Crippen molar-refractivity contribution in [1.82, 2.24) is 5.32 Å². The molecule has 1 amide bonds. The third kappa shape index (κ3) is 5.43. The van der Waals surface area contributed by atoms with Crippen molar-refractivity contribution in [2.45, 2.75) is 13.0 Å². The molecule has 0 aliphatic carbocycles. The highest BCUT2D eigenvalue weighted by atomic mass is 16.3. The highest BCUT2D eigenvalue weighted by molar-refractivity contribution is 5.46. The average molecular weight is 102 g/mol. The van der Waals surface area contributed by atoms with Crippen molar-refractivity contribution >= 4 is 6.41 Å². The molecular formula is C4H8NO2. The van der Waals surface area contributed by atoms with E-state index in [9.17, 15) is 4.79 Å². The molecule has 0 saturated carbocycles. The van der Waals surface area contributed by atoms with Gasteiger partial charge in [0, 0.05) is 6.54 Å². The number of nitrogens with one attached hydrogen (secondary N) is 1. The van der Waals surface area contributed by atoms with Crippen molar-refractivity contribution < 1.29 is 9.90 Å². The number of hydrogen-bond donors (Lipinski definition) is 2. The van der Waals surface area contributed by atoms with Crippen LogP contribution in [-0.2, 0) is 4.79 Å². The average Bonchev–Trinajstić information content (AvgIpc) is 1.61. The van der Waals surface area contributed by atoms with Crippen LogP contribution in [0, 0.1) is 0 Å². The van der Waals surface area contributed by atoms with E-state index in [0.29, 0.717) is 0 Å². The molecule has 0 saturated heterocycles. The molecule has 0 fully saturated rings. The van der Waals surface area contributed by atoms with Crippen molar-refractivity contribution in [3.05, 3.63) is 0 Å². The molecule has 3 heteroatoms. The minimum atomic E-state index is -0.471. The number of hydrogen-bond acceptors (Lipinski definition) is 2. The molecule has 0 aliphatic rings. The molecule has 0 aromatic carbocycles. The first-order valence-electron chi connectivity index (χ1n) is 2.05. The molecule has 0 aliphatic heterocycles. The van der Waals surface area contributed by atoms with Gasteiger partial charge in [-0.2, -0.15) is 0 Å². The topological polar surface area (TPSA) is 49.3 Å². The quantitative estimate of drug-likeness (QED) is 0.450. The summed E-state index contributed by atoms with van der Waals surface area (Å²) in [7, 11) is 0. The van der Waals surface area contributed by atoms with Gasteiger partial charge in [0.25, 0.3) is 0 Å². The van der Waals surface area contributed by atoms with Gasteiger partial charge in [0.1, 0.15) is 0 Å². The Bertz CT molecular complexity index is 53.7. The summed E-state index contributed by atoms with van der Waals surface area (Å²) in [5.74, 6) is 0. The maximum atomic E-state index is 9.36. The summed E-state index contributed by atoms with van der Waals surface area (Å²) in [4.78, 5) is 9.36. The number of rotatable bonds is 3. The molecule has 41 valence electrons. The van der Waals surface area contributed by atoms with Crippen molar-refractivity contribution in [2.24, 2.45) is 0 Å². The molecule has 0 unspecified atom stereocenters. The molecule has 3 nitrogen and oxygen atoms in total. The normalized spacial score (nSPS) is 12.9. The van der Waals surface area contributed by atoms with Gasteiger partial charge in [-0.25, -0.2) is 0 Å². The van der Waals surface area contributed by atoms with E-state index >= 15 is 0 Å². The van der Waals surface area contributed by atoms with Gasteiger partial charge in [-0.1, -0.05) is 0 Å². The minimum Gasteiger partial charge on any atom is -0.392 e. The first-order chi connectivity index (χ1) is 3.27. The summed E-state index contributed by atoms with van der Waals surface area (Å²) in [6.45, 7) is 1.87. The van der Waals surface area contributed by atoms with E-state index < -0.39 is 6.10 Å². The molecule has 1 radical (unpaired) electrons. The van der Waals surface area contributed by atoms with E-state index in [-0.39, 0.29) is 6.54 Å². The zero-order valence-corrected chi connectivity index (χ0v) is 4.14. The molecule has 7 heavy (non-hydrogen) atoms. The SMILES string of the molecule is C[C@@H](O)CN[C]=O. The van der Waals surface area contributed by atoms with Gasteiger partial charge in [0.15, 0.2) is 0 Å². The van der Waals surface area contributed by atoms with Crippen molar-refractivity contribution in [2.75, 3.05) is 6.54 Å². The molecule has 1 atom stereocenters. The lowest BCUT2D eigenvalue weighted by atomic mass is 10.4. The van der Waals surface area contributed by atoms with Crippen molar-refractivity contribution in [3.8, 4) is 0 Å². The lowest BCUT2D eigenvalue weighted by molar-refractivity contribution is 0.197. The van der Waals surface area contributed by atoms with Crippen molar-refractivity contribution in [1.29, 1.82) is 0 Å². The van der Waals surface area contributed by atoms with Gasteiger partial charge in [-0.05, 0) is 6.92 Å². The fourth-order valence-electron chi connectivity index (χ4n) is 0.189. The Morgan fingerprint density at radius 1 is 2.00 bits per heavy atom. The Morgan fingerprint density at radius 3 is 2.71 bits per heavy atom. The third-order valence-corrected chi connectivity index (χ3v) is 0.470. The second-order valence-electron chi connectivity index (χ2n) is 1.33. The fraction of sp³-hybridized carbons (Fsp3) is 0.750. The summed E-state index contributed by atoms with van der Waals surface area (Å²) >= 11 is 0. The maximum absolute atomic E-state index is 9.36. The van der Waals surface area contributed by atoms with E-state index in [1.807, 2.05) is 0 Å². The Morgan fingerprint density at radius 2 is 2.57 bits per heavy atom. The molecule has 0 bridgehead atoms. The molecular weight excluding hydrogens is 94.0 g/mol. The summed E-state index contributed by atoms with van der Waals surface area (Å²) in [6, 6.07) is 0. The Kier molecular flexibility index (Phi) is 3.32. The van der Waals surface area contributed by atoms with Gasteiger partial charge in [-0.15, -0.1) is 0 Å². The standard InChI is InChI=1S/C4H8NO2/c1-4(7)2-5-3-6/h4,7H,2H2,1H3,(H,5,6)/t4-/m1/s1. The zero-order valence-electron chi connectivity index (χ0n) is 4.14. The van der Waals surface area contributed by atoms with Crippen LogP contribution < -0.4 is 5.32 Å². The van der Waals surface area contributed by atoms with Gasteiger partial charge in [0.05, 0.1) is 6.10 Å². The minimum absolute atomic E-state index is 0.281. The first-order valence-corrected chi connectivity index (χ1v) is 2.05. The smallest absolute Gasteiger partial charge is 0.309 e. The monoisotopic (exact) mass is 102 g/mol. The maximum Gasteiger partial charge on any atom is 0.309 e. The van der Waals surface area contributed by atoms with Crippen LogP contribution in [0.15, 0.2) is 0 Å². The Hall–Kier alpha value is -0.570. The van der Waals surface area contributed by atoms with Crippen molar-refractivity contribution in [3.63, 3.8) is 0 Å². The molecule has 0 rings (SSSR count). The predicted molar refractivity (Wildman–Crippen MR) is 25.4 cm³/mol. The molecule has 0 aromatic rings. The van der Waals surface area contributed by atoms with Gasteiger partial charge in [0.2, 0.25) is 0 Å². The van der Waals surface area contributed by atoms with Crippen LogP contribution in [0.1, 0.15) is 6.92 Å². The van der Waals surface area contributed by atoms with Gasteiger partial charge < -0.3 is 10.4 Å². The number of aliphatic hydroxyl groups is 1. The third-order valence-electron chi connectivity index (χ3n) is 0.470. The molecule has 0 heterocycles. The summed E-state index contributed by atoms with van der Waals surface area (Å²) < 4.78 is 0. The van der Waals surface area contributed by atoms with Crippen LogP contribution in [-0.4, -0.2) is 24.2 Å². The number of carbonyl (C=O) groups excluding carboxylic acids is 1. The lowest BCUT2D eigenvalue weighted by Crippen LogP contribution is -2.22. The second kappa shape index (κ2) is 3.61. The fourth-order valence-corrected chi connectivity index (χ4v) is 0.189. The predicted octanol–water partition coefficient (Wildman–Crippen LogP) is -0.976. The molecule has 0 aromatic heterocycles. The highest BCUT2D eigenvalue weighted by Gasteiger charge is 1.89. The van der Waals surface area contributed by atoms with E-state index in [0.717, 1.165) is 0 Å². The summed E-state index contributed by atoms with van der Waals surface area (Å²) in [5.41, 5.74) is 0. The molecule has 0 spiro atoms. The Balaban J connectivity index is 2.81. The second-order valence-corrected chi connectivity index (χ2v) is 1.33. The number of amides is 1. The Labute approximate surface area is 42.3 Å². The van der Waals surface area contributed by atoms with Gasteiger partial charge in [-0.3, -0.25) is 4.79 Å². The highest BCUT2D eigenvalue weighted by Crippen LogP contribution is 1.69. The lowest BCUT2D eigenvalue weighted by Gasteiger charge is -1.97. The van der Waals surface area contributed by atoms with E-state index in [2.05, 4.69) is 5.32 Å². The van der Waals surface area contributed by atoms with E-state index in [4.69, 9.17) is 5.11 Å². The summed E-state index contributed by atoms with van der Waals surface area (Å²) in [6.07, 6.45) is 0.968. The zero-order chi connectivity index (χ0) is 5.70. The van der Waals surface area contributed by atoms with Crippen LogP contribution in [0.2, 0.25) is 0 Å². The molecule has 2 N–H and O–H groups in total.